The molecular formula is C12H24. The molecule has 0 spiro atoms. The van der Waals surface area contributed by atoms with Crippen LogP contribution in [0.5, 0.6) is 0 Å². The highest BCUT2D eigenvalue weighted by atomic mass is 13.3. The summed E-state index contributed by atoms with van der Waals surface area (Å²) in [7, 11) is 0. The first-order chi connectivity index (χ1) is 5.83. The molecule has 72 valence electrons. The highest BCUT2D eigenvalue weighted by Gasteiger charge is 1.27. The maximum absolute atomic E-state index is 2.68. The van der Waals surface area contributed by atoms with Gasteiger partial charge in [0.05, 0.1) is 0 Å². The maximum atomic E-state index is 2.68. The fourth-order valence-corrected chi connectivity index (χ4v) is 0. The van der Waals surface area contributed by atoms with Crippen molar-refractivity contribution in [2.45, 2.75) is 55.4 Å². The molecule has 0 nitrogen and oxygen atoms in total. The predicted molar refractivity (Wildman–Crippen MR) is 60.9 cm³/mol. The molecule has 0 aliphatic heterocycles. The van der Waals surface area contributed by atoms with E-state index >= 15 is 0 Å². The minimum atomic E-state index is 1.82. The molecule has 0 saturated heterocycles. The molecule has 0 N–H and O–H groups in total. The largest absolute Gasteiger partial charge is 0.107 e. The van der Waals surface area contributed by atoms with Crippen molar-refractivity contribution in [2.75, 3.05) is 0 Å². The third-order valence-corrected chi connectivity index (χ3v) is 0.500. The summed E-state index contributed by atoms with van der Waals surface area (Å²) in [4.78, 5) is 0. The van der Waals surface area contributed by atoms with Crippen molar-refractivity contribution in [3.63, 3.8) is 0 Å². The first-order valence-electron chi connectivity index (χ1n) is 4.50. The molecule has 0 aliphatic rings. The number of hydrogen-bond acceptors (Lipinski definition) is 0. The average molecular weight is 168 g/mol. The Bertz CT molecular complexity index is 91.6. The average Bonchev–Trinajstić information content (AvgIpc) is 2.23. The van der Waals surface area contributed by atoms with Crippen molar-refractivity contribution < 1.29 is 0 Å². The Labute approximate surface area is 79.8 Å². The van der Waals surface area contributed by atoms with Crippen molar-refractivity contribution in [3.05, 3.63) is 0 Å². The quantitative estimate of drug-likeness (QED) is 0.477. The van der Waals surface area contributed by atoms with Crippen LogP contribution >= 0.6 is 0 Å². The lowest BCUT2D eigenvalue weighted by atomic mass is 10.7. The van der Waals surface area contributed by atoms with Crippen LogP contribution in [0.25, 0.3) is 0 Å². The zero-order valence-corrected chi connectivity index (χ0v) is 10.0. The first kappa shape index (κ1) is 22.5. The third-order valence-electron chi connectivity index (χ3n) is 0.500. The molecule has 0 aliphatic carbocycles. The molecule has 0 aromatic heterocycles. The van der Waals surface area contributed by atoms with Gasteiger partial charge in [0.15, 0.2) is 0 Å². The molecule has 0 bridgehead atoms. The SMILES string of the molecule is CC.CC.CC#CC.CC#CC. The van der Waals surface area contributed by atoms with Gasteiger partial charge in [-0.05, 0) is 27.7 Å². The Morgan fingerprint density at radius 1 is 0.417 bits per heavy atom. The van der Waals surface area contributed by atoms with Crippen molar-refractivity contribution in [3.8, 4) is 23.7 Å². The summed E-state index contributed by atoms with van der Waals surface area (Å²) >= 11 is 0. The van der Waals surface area contributed by atoms with E-state index in [1.54, 1.807) is 0 Å². The smallest absolute Gasteiger partial charge is 0.00271 e. The van der Waals surface area contributed by atoms with E-state index in [1.165, 1.54) is 0 Å². The lowest BCUT2D eigenvalue weighted by Crippen LogP contribution is -1.28. The monoisotopic (exact) mass is 168 g/mol. The van der Waals surface area contributed by atoms with Gasteiger partial charge < -0.3 is 0 Å². The van der Waals surface area contributed by atoms with Crippen molar-refractivity contribution in [1.29, 1.82) is 0 Å². The van der Waals surface area contributed by atoms with Crippen LogP contribution in [0.3, 0.4) is 0 Å². The molecule has 0 amide bonds. The Balaban J connectivity index is -0.0000000380. The molecule has 0 heterocycles. The maximum Gasteiger partial charge on any atom is -0.00271 e. The number of rotatable bonds is 0. The van der Waals surface area contributed by atoms with Gasteiger partial charge >= 0.3 is 0 Å². The zero-order valence-electron chi connectivity index (χ0n) is 10.0. The van der Waals surface area contributed by atoms with E-state index in [1.807, 2.05) is 55.4 Å². The van der Waals surface area contributed by atoms with Gasteiger partial charge in [-0.3, -0.25) is 0 Å². The van der Waals surface area contributed by atoms with Crippen LogP contribution < -0.4 is 0 Å². The molecule has 0 rings (SSSR count). The zero-order chi connectivity index (χ0) is 10.8. The third kappa shape index (κ3) is 479. The van der Waals surface area contributed by atoms with Gasteiger partial charge in [-0.1, -0.05) is 27.7 Å². The molecule has 0 atom stereocenters. The summed E-state index contributed by atoms with van der Waals surface area (Å²) in [6.45, 7) is 15.3. The molecule has 12 heavy (non-hydrogen) atoms. The summed E-state index contributed by atoms with van der Waals surface area (Å²) in [5.41, 5.74) is 0. The van der Waals surface area contributed by atoms with Gasteiger partial charge in [-0.15, -0.1) is 23.7 Å². The van der Waals surface area contributed by atoms with Crippen LogP contribution in [0.1, 0.15) is 55.4 Å². The van der Waals surface area contributed by atoms with Gasteiger partial charge in [0.1, 0.15) is 0 Å². The summed E-state index contributed by atoms with van der Waals surface area (Å²) in [5, 5.41) is 0. The van der Waals surface area contributed by atoms with E-state index in [-0.39, 0.29) is 0 Å². The summed E-state index contributed by atoms with van der Waals surface area (Å²) in [6, 6.07) is 0. The van der Waals surface area contributed by atoms with Gasteiger partial charge in [-0.2, -0.15) is 0 Å². The minimum absolute atomic E-state index is 1.82. The molecule has 0 radical (unpaired) electrons. The summed E-state index contributed by atoms with van der Waals surface area (Å²) in [6.07, 6.45) is 0. The molecule has 0 saturated carbocycles. The van der Waals surface area contributed by atoms with E-state index in [9.17, 15) is 0 Å². The van der Waals surface area contributed by atoms with Gasteiger partial charge in [-0.25, -0.2) is 0 Å². The Morgan fingerprint density at radius 2 is 0.500 bits per heavy atom. The van der Waals surface area contributed by atoms with Crippen LogP contribution in [0.2, 0.25) is 0 Å². The number of hydrogen-bond donors (Lipinski definition) is 0. The molecular weight excluding hydrogens is 144 g/mol. The predicted octanol–water partition coefficient (Wildman–Crippen LogP) is 4.11. The lowest BCUT2D eigenvalue weighted by Gasteiger charge is -1.40. The first-order valence-corrected chi connectivity index (χ1v) is 4.50. The highest BCUT2D eigenvalue weighted by molar-refractivity contribution is 4.89. The molecule has 0 heteroatoms. The minimum Gasteiger partial charge on any atom is -0.107 e. The van der Waals surface area contributed by atoms with Crippen LogP contribution in [0.15, 0.2) is 0 Å². The van der Waals surface area contributed by atoms with E-state index in [0.717, 1.165) is 0 Å². The topological polar surface area (TPSA) is 0 Å². The normalized spacial score (nSPS) is 3.33. The highest BCUT2D eigenvalue weighted by Crippen LogP contribution is 1.39. The van der Waals surface area contributed by atoms with E-state index in [0.29, 0.717) is 0 Å². The molecule has 0 aromatic carbocycles. The van der Waals surface area contributed by atoms with Crippen LogP contribution in [0, 0.1) is 23.7 Å². The Kier molecular flexibility index (Phi) is 162. The van der Waals surface area contributed by atoms with Crippen LogP contribution in [0.4, 0.5) is 0 Å². The summed E-state index contributed by atoms with van der Waals surface area (Å²) < 4.78 is 0. The van der Waals surface area contributed by atoms with Crippen molar-refractivity contribution >= 4 is 0 Å². The lowest BCUT2D eigenvalue weighted by molar-refractivity contribution is 1.50. The second-order valence-corrected chi connectivity index (χ2v) is 1.00. The fourth-order valence-electron chi connectivity index (χ4n) is 0. The standard InChI is InChI=1S/2C4H6.2C2H6/c2*1-3-4-2;2*1-2/h2*1-2H3;2*1-2H3. The second-order valence-electron chi connectivity index (χ2n) is 1.00. The molecule has 0 aromatic rings. The van der Waals surface area contributed by atoms with Crippen molar-refractivity contribution in [2.24, 2.45) is 0 Å². The van der Waals surface area contributed by atoms with Crippen LogP contribution in [-0.2, 0) is 0 Å². The second kappa shape index (κ2) is 86.5. The van der Waals surface area contributed by atoms with Gasteiger partial charge in [0.2, 0.25) is 0 Å². The molecule has 0 fully saturated rings. The van der Waals surface area contributed by atoms with Gasteiger partial charge in [0.25, 0.3) is 0 Å². The summed E-state index contributed by atoms with van der Waals surface area (Å²) in [5.74, 6) is 10.7. The van der Waals surface area contributed by atoms with E-state index < -0.39 is 0 Å². The van der Waals surface area contributed by atoms with E-state index in [4.69, 9.17) is 0 Å². The fraction of sp³-hybridized carbons (Fsp3) is 0.667. The van der Waals surface area contributed by atoms with Crippen molar-refractivity contribution in [1.82, 2.24) is 0 Å². The van der Waals surface area contributed by atoms with E-state index in [2.05, 4.69) is 23.7 Å². The van der Waals surface area contributed by atoms with Gasteiger partial charge in [0, 0.05) is 0 Å². The Hall–Kier alpha value is -0.880. The Morgan fingerprint density at radius 3 is 0.500 bits per heavy atom. The van der Waals surface area contributed by atoms with Crippen LogP contribution in [-0.4, -0.2) is 0 Å². The molecule has 0 unspecified atom stereocenters.